The van der Waals surface area contributed by atoms with Gasteiger partial charge in [0, 0.05) is 28.0 Å². The molecule has 2 amide bonds. The molecule has 0 aromatic heterocycles. The highest BCUT2D eigenvalue weighted by Gasteiger charge is 2.35. The van der Waals surface area contributed by atoms with Crippen LogP contribution < -0.4 is 9.62 Å². The number of rotatable bonds is 13. The Morgan fingerprint density at radius 3 is 2.05 bits per heavy atom. The minimum Gasteiger partial charge on any atom is -0.352 e. The first-order valence-corrected chi connectivity index (χ1v) is 17.3. The molecule has 0 bridgehead atoms. The Balaban J connectivity index is 1.80. The van der Waals surface area contributed by atoms with Crippen molar-refractivity contribution >= 4 is 59.4 Å². The number of nitrogens with one attached hydrogen (secondary N) is 1. The second-order valence-electron chi connectivity index (χ2n) is 10.5. The molecule has 0 aliphatic heterocycles. The van der Waals surface area contributed by atoms with Gasteiger partial charge in [-0.1, -0.05) is 106 Å². The van der Waals surface area contributed by atoms with Gasteiger partial charge < -0.3 is 10.2 Å². The van der Waals surface area contributed by atoms with E-state index in [9.17, 15) is 18.0 Å². The van der Waals surface area contributed by atoms with E-state index in [-0.39, 0.29) is 29.8 Å². The second kappa shape index (κ2) is 15.5. The first-order valence-electron chi connectivity index (χ1n) is 14.3. The molecule has 0 saturated carbocycles. The van der Waals surface area contributed by atoms with Crippen molar-refractivity contribution in [2.45, 2.75) is 50.2 Å². The van der Waals surface area contributed by atoms with Crippen LogP contribution >= 0.6 is 31.9 Å². The summed E-state index contributed by atoms with van der Waals surface area (Å²) in [5, 5.41) is 3.05. The average molecular weight is 742 g/mol. The van der Waals surface area contributed by atoms with Gasteiger partial charge in [0.1, 0.15) is 12.6 Å². The van der Waals surface area contributed by atoms with Crippen molar-refractivity contribution in [2.24, 2.45) is 0 Å². The number of amides is 2. The third-order valence-corrected chi connectivity index (χ3v) is 10.1. The zero-order valence-electron chi connectivity index (χ0n) is 24.6. The number of benzene rings is 4. The van der Waals surface area contributed by atoms with Crippen LogP contribution in [0.1, 0.15) is 31.4 Å². The smallest absolute Gasteiger partial charge is 0.264 e. The molecule has 10 heteroatoms. The first kappa shape index (κ1) is 33.4. The molecule has 1 N–H and O–H groups in total. The summed E-state index contributed by atoms with van der Waals surface area (Å²) in [6, 6.07) is 30.8. The molecule has 4 rings (SSSR count). The maximum absolute atomic E-state index is 14.5. The van der Waals surface area contributed by atoms with E-state index in [4.69, 9.17) is 0 Å². The summed E-state index contributed by atoms with van der Waals surface area (Å²) in [6.07, 6.45) is 0.976. The van der Waals surface area contributed by atoms with Gasteiger partial charge >= 0.3 is 0 Å². The Bertz CT molecular complexity index is 1650. The van der Waals surface area contributed by atoms with Crippen molar-refractivity contribution in [1.29, 1.82) is 0 Å². The van der Waals surface area contributed by atoms with Crippen LogP contribution in [-0.2, 0) is 32.6 Å². The Kier molecular flexibility index (Phi) is 11.8. The van der Waals surface area contributed by atoms with Crippen molar-refractivity contribution in [1.82, 2.24) is 10.2 Å². The highest BCUT2D eigenvalue weighted by Crippen LogP contribution is 2.27. The largest absolute Gasteiger partial charge is 0.352 e. The van der Waals surface area contributed by atoms with E-state index in [1.807, 2.05) is 68.4 Å². The molecule has 0 spiro atoms. The van der Waals surface area contributed by atoms with Gasteiger partial charge in [0.15, 0.2) is 0 Å². The number of hydrogen-bond donors (Lipinski definition) is 1. The van der Waals surface area contributed by atoms with Gasteiger partial charge in [0.05, 0.1) is 10.6 Å². The molecule has 44 heavy (non-hydrogen) atoms. The number of carbonyl (C=O) groups is 2. The Hall–Kier alpha value is -3.47. The fourth-order valence-corrected chi connectivity index (χ4v) is 6.74. The number of carbonyl (C=O) groups excluding carboxylic acids is 2. The lowest BCUT2D eigenvalue weighted by Crippen LogP contribution is -2.54. The molecule has 0 aliphatic carbocycles. The Labute approximate surface area is 276 Å². The predicted octanol–water partition coefficient (Wildman–Crippen LogP) is 6.96. The maximum atomic E-state index is 14.5. The SMILES string of the molecule is CC[C@@H](C)NC(=O)[C@H](Cc1ccccc1)N(Cc1ccc(Br)cc1)C(=O)CN(c1cccc(Br)c1)S(=O)(=O)c1ccccc1. The fraction of sp³-hybridized carbons (Fsp3) is 0.235. The Morgan fingerprint density at radius 2 is 1.43 bits per heavy atom. The molecule has 4 aromatic rings. The zero-order chi connectivity index (χ0) is 31.7. The Morgan fingerprint density at radius 1 is 0.795 bits per heavy atom. The van der Waals surface area contributed by atoms with Gasteiger partial charge in [-0.2, -0.15) is 0 Å². The van der Waals surface area contributed by atoms with Crippen LogP contribution in [0.15, 0.2) is 123 Å². The minimum atomic E-state index is -4.15. The lowest BCUT2D eigenvalue weighted by molar-refractivity contribution is -0.140. The first-order chi connectivity index (χ1) is 21.1. The quantitative estimate of drug-likeness (QED) is 0.161. The van der Waals surface area contributed by atoms with Gasteiger partial charge in [0.25, 0.3) is 10.0 Å². The van der Waals surface area contributed by atoms with Crippen molar-refractivity contribution in [3.63, 3.8) is 0 Å². The van der Waals surface area contributed by atoms with Crippen molar-refractivity contribution in [3.8, 4) is 0 Å². The molecule has 0 unspecified atom stereocenters. The zero-order valence-corrected chi connectivity index (χ0v) is 28.6. The lowest BCUT2D eigenvalue weighted by atomic mass is 10.0. The van der Waals surface area contributed by atoms with Crippen LogP contribution in [0.2, 0.25) is 0 Å². The maximum Gasteiger partial charge on any atom is 0.264 e. The molecule has 0 fully saturated rings. The van der Waals surface area contributed by atoms with Crippen LogP contribution in [-0.4, -0.2) is 43.8 Å². The normalized spacial score (nSPS) is 12.6. The number of sulfonamides is 1. The van der Waals surface area contributed by atoms with E-state index in [1.165, 1.54) is 17.0 Å². The summed E-state index contributed by atoms with van der Waals surface area (Å²) in [5.41, 5.74) is 2.01. The third kappa shape index (κ3) is 8.80. The molecule has 0 radical (unpaired) electrons. The van der Waals surface area contributed by atoms with Crippen LogP contribution in [0.3, 0.4) is 0 Å². The molecule has 2 atom stereocenters. The molecule has 0 aliphatic rings. The molecular formula is C34H35Br2N3O4S. The summed E-state index contributed by atoms with van der Waals surface area (Å²) in [5.74, 6) is -0.804. The third-order valence-electron chi connectivity index (χ3n) is 7.24. The molecule has 7 nitrogen and oxygen atoms in total. The van der Waals surface area contributed by atoms with Crippen LogP contribution in [0.25, 0.3) is 0 Å². The standard InChI is InChI=1S/C34H35Br2N3O4S/c1-3-25(2)37-34(41)32(21-26-11-6-4-7-12-26)38(23-27-17-19-28(35)20-18-27)33(40)24-39(30-14-10-13-29(36)22-30)44(42,43)31-15-8-5-9-16-31/h4-20,22,25,32H,3,21,23-24H2,1-2H3,(H,37,41)/t25-,32+/m1/s1. The lowest BCUT2D eigenvalue weighted by Gasteiger charge is -2.34. The van der Waals surface area contributed by atoms with E-state index in [0.29, 0.717) is 10.2 Å². The second-order valence-corrected chi connectivity index (χ2v) is 14.2. The average Bonchev–Trinajstić information content (AvgIpc) is 3.03. The molecule has 230 valence electrons. The van der Waals surface area contributed by atoms with Crippen molar-refractivity contribution in [3.05, 3.63) is 129 Å². The monoisotopic (exact) mass is 739 g/mol. The molecular weight excluding hydrogens is 706 g/mol. The number of nitrogens with zero attached hydrogens (tertiary/aromatic N) is 2. The summed E-state index contributed by atoms with van der Waals surface area (Å²) < 4.78 is 30.7. The van der Waals surface area contributed by atoms with Crippen LogP contribution in [0.5, 0.6) is 0 Å². The van der Waals surface area contributed by atoms with Gasteiger partial charge in [-0.15, -0.1) is 0 Å². The van der Waals surface area contributed by atoms with Gasteiger partial charge in [-0.25, -0.2) is 8.42 Å². The van der Waals surface area contributed by atoms with E-state index < -0.39 is 28.5 Å². The summed E-state index contributed by atoms with van der Waals surface area (Å²) >= 11 is 6.89. The van der Waals surface area contributed by atoms with E-state index in [0.717, 1.165) is 26.3 Å². The molecule has 0 heterocycles. The topological polar surface area (TPSA) is 86.8 Å². The number of hydrogen-bond acceptors (Lipinski definition) is 4. The van der Waals surface area contributed by atoms with E-state index >= 15 is 0 Å². The predicted molar refractivity (Wildman–Crippen MR) is 182 cm³/mol. The van der Waals surface area contributed by atoms with Gasteiger partial charge in [0.2, 0.25) is 11.8 Å². The van der Waals surface area contributed by atoms with Crippen molar-refractivity contribution in [2.75, 3.05) is 10.8 Å². The van der Waals surface area contributed by atoms with Crippen LogP contribution in [0, 0.1) is 0 Å². The summed E-state index contributed by atoms with van der Waals surface area (Å²) in [7, 11) is -4.15. The number of halogens is 2. The highest BCUT2D eigenvalue weighted by molar-refractivity contribution is 9.10. The van der Waals surface area contributed by atoms with Gasteiger partial charge in [-0.05, 0) is 66.9 Å². The van der Waals surface area contributed by atoms with Crippen molar-refractivity contribution < 1.29 is 18.0 Å². The van der Waals surface area contributed by atoms with Crippen LogP contribution in [0.4, 0.5) is 5.69 Å². The minimum absolute atomic E-state index is 0.0579. The summed E-state index contributed by atoms with van der Waals surface area (Å²) in [6.45, 7) is 3.49. The molecule has 4 aromatic carbocycles. The van der Waals surface area contributed by atoms with E-state index in [1.54, 1.807) is 42.5 Å². The van der Waals surface area contributed by atoms with Gasteiger partial charge in [-0.3, -0.25) is 13.9 Å². The fourth-order valence-electron chi connectivity index (χ4n) is 4.66. The number of anilines is 1. The molecule has 0 saturated heterocycles. The highest BCUT2D eigenvalue weighted by atomic mass is 79.9. The summed E-state index contributed by atoms with van der Waals surface area (Å²) in [4.78, 5) is 29.9. The van der Waals surface area contributed by atoms with E-state index in [2.05, 4.69) is 37.2 Å².